The molecule has 0 aromatic rings. The number of carbonyl (C=O) groups excluding carboxylic acids is 2. The second-order valence-corrected chi connectivity index (χ2v) is 0. The van der Waals surface area contributed by atoms with E-state index in [-0.39, 0.29) is 67.4 Å². The molecule has 0 spiro atoms. The largest absolute Gasteiger partial charge is 2.00 e. The predicted octanol–water partition coefficient (Wildman–Crippen LogP) is -6.79. The smallest absolute Gasteiger partial charge is 1.00 e. The van der Waals surface area contributed by atoms with Crippen LogP contribution in [0, 0.1) is 0 Å². The summed E-state index contributed by atoms with van der Waals surface area (Å²) in [6.07, 6.45) is 0. The van der Waals surface area contributed by atoms with Crippen molar-refractivity contribution in [2.75, 3.05) is 0 Å². The van der Waals surface area contributed by atoms with Gasteiger partial charge in [0.2, 0.25) is 0 Å². The molecule has 0 saturated carbocycles. The average molecular weight is 413 g/mol. The van der Waals surface area contributed by atoms with Gasteiger partial charge < -0.3 is 48.0 Å². The summed E-state index contributed by atoms with van der Waals surface area (Å²) >= 11 is 0. The summed E-state index contributed by atoms with van der Waals surface area (Å²) in [5, 5.41) is 0. The van der Waals surface area contributed by atoms with Crippen molar-refractivity contribution in [3.63, 3.8) is 0 Å². The van der Waals surface area contributed by atoms with E-state index in [0.29, 0.717) is 0 Å². The first-order valence-electron chi connectivity index (χ1n) is 0.408. The molecule has 0 amide bonds. The third-order valence-electron chi connectivity index (χ3n) is 0. The molecule has 7 heavy (non-hydrogen) atoms. The van der Waals surface area contributed by atoms with Gasteiger partial charge in [-0.2, -0.15) is 0 Å². The minimum atomic E-state index is 0. The van der Waals surface area contributed by atoms with Crippen molar-refractivity contribution in [1.29, 1.82) is 0 Å². The van der Waals surface area contributed by atoms with Gasteiger partial charge >= 0.3 is 19.5 Å². The number of hydrogen-bond acceptors (Lipinski definition) is 2. The van der Waals surface area contributed by atoms with Crippen LogP contribution in [0.2, 0.25) is 0 Å². The van der Waals surface area contributed by atoms with Crippen molar-refractivity contribution >= 4 is 13.6 Å². The fourth-order valence-electron chi connectivity index (χ4n) is 0. The van der Waals surface area contributed by atoms with Crippen LogP contribution in [0.25, 0.3) is 0 Å². The summed E-state index contributed by atoms with van der Waals surface area (Å²) < 4.78 is 0. The number of hydrogen-bond donors (Lipinski definition) is 0. The first-order valence-corrected chi connectivity index (χ1v) is 0.408. The van der Waals surface area contributed by atoms with Gasteiger partial charge in [-0.25, -0.2) is 0 Å². The second-order valence-electron chi connectivity index (χ2n) is 0. The molecule has 0 unspecified atom stereocenters. The summed E-state index contributed by atoms with van der Waals surface area (Å²) in [4.78, 5) is 15.0. The normalized spacial score (nSPS) is 1.14. The van der Waals surface area contributed by atoms with Crippen molar-refractivity contribution in [2.45, 2.75) is 0 Å². The summed E-state index contributed by atoms with van der Waals surface area (Å²) in [6.45, 7) is 9.00. The van der Waals surface area contributed by atoms with E-state index in [4.69, 9.17) is 9.59 Å². The van der Waals surface area contributed by atoms with Crippen molar-refractivity contribution in [2.24, 2.45) is 0 Å². The Bertz CT molecular complexity index is 15.7. The van der Waals surface area contributed by atoms with Crippen LogP contribution in [-0.2, 0) is 29.1 Å². The van der Waals surface area contributed by atoms with Crippen LogP contribution in [0.1, 0.15) is 0 Å². The molecule has 0 heterocycles. The van der Waals surface area contributed by atoms with Crippen molar-refractivity contribution in [3.8, 4) is 0 Å². The molecule has 2 nitrogen and oxygen atoms in total. The summed E-state index contributed by atoms with van der Waals surface area (Å²) in [7, 11) is 0. The Labute approximate surface area is 89.6 Å². The molecule has 0 aliphatic carbocycles. The van der Waals surface area contributed by atoms with E-state index in [9.17, 15) is 0 Å². The van der Waals surface area contributed by atoms with Crippen molar-refractivity contribution in [1.82, 2.24) is 0 Å². The average Bonchev–Trinajstić information content (AvgIpc) is 1.50. The van der Waals surface area contributed by atoms with Crippen LogP contribution in [0.4, 0.5) is 0 Å². The zero-order valence-corrected chi connectivity index (χ0v) is 8.86. The first-order chi connectivity index (χ1) is 2.00. The molecule has 0 aromatic heterocycles. The Hall–Kier alpha value is 1.42. The van der Waals surface area contributed by atoms with Gasteiger partial charge in [0.1, 0.15) is 0 Å². The minimum absolute atomic E-state index is 0. The van der Waals surface area contributed by atoms with E-state index >= 15 is 0 Å². The molecule has 0 saturated heterocycles. The summed E-state index contributed by atoms with van der Waals surface area (Å²) in [5.41, 5.74) is 0. The van der Waals surface area contributed by atoms with E-state index in [1.807, 2.05) is 0 Å². The van der Waals surface area contributed by atoms with Gasteiger partial charge in [-0.15, -0.1) is 0 Å². The molecule has 0 aliphatic heterocycles. The molecule has 0 fully saturated rings. The molecular formula is C2I2O2Rh. The molecule has 0 rings (SSSR count). The Morgan fingerprint density at radius 1 is 0.714 bits per heavy atom. The summed E-state index contributed by atoms with van der Waals surface area (Å²) in [6, 6.07) is 0. The van der Waals surface area contributed by atoms with Gasteiger partial charge in [0.05, 0.1) is 0 Å². The Balaban J connectivity index is -0.00000000267. The van der Waals surface area contributed by atoms with Crippen LogP contribution in [0.3, 0.4) is 0 Å². The van der Waals surface area contributed by atoms with Crippen LogP contribution < -0.4 is 48.0 Å². The third-order valence-corrected chi connectivity index (χ3v) is 0. The third kappa shape index (κ3) is 108. The van der Waals surface area contributed by atoms with Gasteiger partial charge in [-0.1, -0.05) is 0 Å². The fourth-order valence-corrected chi connectivity index (χ4v) is 0. The fraction of sp³-hybridized carbons (Fsp3) is 0. The standard InChI is InChI=1S/2CO.2HI.Rh/c2*1-2;;;/h;;2*1H;/q;;;;+2/p-2. The van der Waals surface area contributed by atoms with Crippen LogP contribution in [0.15, 0.2) is 0 Å². The quantitative estimate of drug-likeness (QED) is 0.293. The van der Waals surface area contributed by atoms with Gasteiger partial charge in [-0.3, -0.25) is 9.59 Å². The zero-order chi connectivity index (χ0) is 4.00. The second kappa shape index (κ2) is 151. The maximum atomic E-state index is 7.50. The van der Waals surface area contributed by atoms with Gasteiger partial charge in [-0.05, 0) is 0 Å². The molecule has 0 atom stereocenters. The van der Waals surface area contributed by atoms with E-state index in [0.717, 1.165) is 0 Å². The van der Waals surface area contributed by atoms with Gasteiger partial charge in [0.25, 0.3) is 13.6 Å². The van der Waals surface area contributed by atoms with Gasteiger partial charge in [0, 0.05) is 0 Å². The van der Waals surface area contributed by atoms with Crippen molar-refractivity contribution in [3.05, 3.63) is 0 Å². The Morgan fingerprint density at radius 3 is 0.714 bits per heavy atom. The topological polar surface area (TPSA) is 34.1 Å². The molecule has 0 bridgehead atoms. The van der Waals surface area contributed by atoms with E-state index in [1.165, 1.54) is 0 Å². The predicted molar refractivity (Wildman–Crippen MR) is 11.4 cm³/mol. The van der Waals surface area contributed by atoms with Crippen LogP contribution in [-0.4, -0.2) is 13.6 Å². The molecule has 0 aliphatic rings. The minimum Gasteiger partial charge on any atom is -1.00 e. The maximum absolute atomic E-state index is 7.50. The molecule has 5 radical (unpaired) electrons. The summed E-state index contributed by atoms with van der Waals surface area (Å²) in [5.74, 6) is 0. The number of halogens is 2. The van der Waals surface area contributed by atoms with Gasteiger partial charge in [0.15, 0.2) is 0 Å². The monoisotopic (exact) mass is 413 g/mol. The van der Waals surface area contributed by atoms with Crippen LogP contribution in [0.5, 0.6) is 0 Å². The SMILES string of the molecule is [C]=O.[C]=O.[I-].[I-].[Rh+2]. The maximum Gasteiger partial charge on any atom is 2.00 e. The van der Waals surface area contributed by atoms with E-state index in [2.05, 4.69) is 13.6 Å². The molecule has 43 valence electrons. The molecule has 0 aromatic carbocycles. The Morgan fingerprint density at radius 2 is 0.714 bits per heavy atom. The molecule has 5 heteroatoms. The zero-order valence-electron chi connectivity index (χ0n) is 2.91. The van der Waals surface area contributed by atoms with E-state index < -0.39 is 0 Å². The van der Waals surface area contributed by atoms with Crippen LogP contribution >= 0.6 is 0 Å². The number of rotatable bonds is 0. The van der Waals surface area contributed by atoms with E-state index in [1.54, 1.807) is 0 Å². The molecule has 0 N–H and O–H groups in total. The molecular weight excluding hydrogens is 413 g/mol. The first kappa shape index (κ1) is 39.6. The Kier molecular flexibility index (Phi) is 855. The van der Waals surface area contributed by atoms with Crippen molar-refractivity contribution < 1.29 is 77.0 Å².